The number of nitrogens with two attached hydrogens (primary N) is 1. The van der Waals surface area contributed by atoms with Crippen LogP contribution in [0.4, 0.5) is 0 Å². The topological polar surface area (TPSA) is 68.3 Å². The number of aromatic nitrogens is 1. The van der Waals surface area contributed by atoms with Gasteiger partial charge < -0.3 is 15.2 Å². The maximum Gasteiger partial charge on any atom is 0.251 e. The normalized spacial score (nSPS) is 14.3. The summed E-state index contributed by atoms with van der Waals surface area (Å²) >= 11 is 1.65. The molecule has 1 aliphatic rings. The van der Waals surface area contributed by atoms with Crippen LogP contribution in [0.2, 0.25) is 0 Å². The molecule has 2 N–H and O–H groups in total. The first kappa shape index (κ1) is 19.7. The number of likely N-dealkylation sites (tertiary alicyclic amines) is 1. The predicted molar refractivity (Wildman–Crippen MR) is 110 cm³/mol. The van der Waals surface area contributed by atoms with Gasteiger partial charge in [-0.1, -0.05) is 19.4 Å². The zero-order valence-electron chi connectivity index (χ0n) is 16.3. The predicted octanol–water partition coefficient (Wildman–Crippen LogP) is 3.98. The van der Waals surface area contributed by atoms with Crippen molar-refractivity contribution in [3.05, 3.63) is 34.5 Å². The molecule has 2 amide bonds. The fraction of sp³-hybridized carbons (Fsp3) is 0.524. The van der Waals surface area contributed by atoms with E-state index in [0.29, 0.717) is 12.0 Å². The van der Waals surface area contributed by atoms with Gasteiger partial charge in [0.1, 0.15) is 0 Å². The van der Waals surface area contributed by atoms with E-state index < -0.39 is 0 Å². The lowest BCUT2D eigenvalue weighted by Crippen LogP contribution is -2.26. The number of thiophene rings is 1. The van der Waals surface area contributed by atoms with Crippen molar-refractivity contribution in [1.82, 2.24) is 9.47 Å². The highest BCUT2D eigenvalue weighted by Crippen LogP contribution is 2.36. The van der Waals surface area contributed by atoms with E-state index in [9.17, 15) is 9.59 Å². The number of amides is 2. The van der Waals surface area contributed by atoms with Gasteiger partial charge in [0.05, 0.1) is 5.56 Å². The van der Waals surface area contributed by atoms with Crippen molar-refractivity contribution in [2.24, 2.45) is 5.73 Å². The van der Waals surface area contributed by atoms with E-state index >= 15 is 0 Å². The summed E-state index contributed by atoms with van der Waals surface area (Å²) in [5.41, 5.74) is 9.60. The summed E-state index contributed by atoms with van der Waals surface area (Å²) in [6, 6.07) is 4.08. The molecule has 1 saturated heterocycles. The second-order valence-corrected chi connectivity index (χ2v) is 8.16. The monoisotopic (exact) mass is 387 g/mol. The summed E-state index contributed by atoms with van der Waals surface area (Å²) in [6.07, 6.45) is 5.64. The van der Waals surface area contributed by atoms with E-state index in [1.54, 1.807) is 11.3 Å². The largest absolute Gasteiger partial charge is 0.366 e. The lowest BCUT2D eigenvalue weighted by Gasteiger charge is -2.17. The first-order valence-corrected chi connectivity index (χ1v) is 10.8. The van der Waals surface area contributed by atoms with Crippen molar-refractivity contribution in [3.8, 4) is 10.4 Å². The van der Waals surface area contributed by atoms with Crippen molar-refractivity contribution < 1.29 is 9.59 Å². The fourth-order valence-corrected chi connectivity index (χ4v) is 4.85. The van der Waals surface area contributed by atoms with Gasteiger partial charge in [0.15, 0.2) is 0 Å². The van der Waals surface area contributed by atoms with E-state index in [0.717, 1.165) is 67.9 Å². The van der Waals surface area contributed by atoms with Crippen LogP contribution in [0.25, 0.3) is 10.4 Å². The minimum absolute atomic E-state index is 0.266. The van der Waals surface area contributed by atoms with Gasteiger partial charge >= 0.3 is 0 Å². The maximum absolute atomic E-state index is 12.3. The molecule has 0 bridgehead atoms. The molecule has 1 fully saturated rings. The van der Waals surface area contributed by atoms with Crippen LogP contribution in [0.15, 0.2) is 17.5 Å². The van der Waals surface area contributed by atoms with E-state index in [1.165, 1.54) is 5.69 Å². The van der Waals surface area contributed by atoms with Crippen LogP contribution in [0, 0.1) is 6.92 Å². The number of hydrogen-bond donors (Lipinski definition) is 1. The summed E-state index contributed by atoms with van der Waals surface area (Å²) in [5.74, 6) is -0.0929. The first-order valence-electron chi connectivity index (χ1n) is 9.88. The highest BCUT2D eigenvalue weighted by molar-refractivity contribution is 7.13. The molecule has 0 spiro atoms. The second-order valence-electron chi connectivity index (χ2n) is 7.22. The summed E-state index contributed by atoms with van der Waals surface area (Å²) in [5, 5.41) is 2.04. The Balaban J connectivity index is 1.92. The van der Waals surface area contributed by atoms with Gasteiger partial charge in [0, 0.05) is 47.9 Å². The van der Waals surface area contributed by atoms with Crippen LogP contribution >= 0.6 is 11.3 Å². The third kappa shape index (κ3) is 4.10. The van der Waals surface area contributed by atoms with Gasteiger partial charge in [0.2, 0.25) is 5.91 Å². The molecule has 1 aliphatic heterocycles. The van der Waals surface area contributed by atoms with E-state index in [-0.39, 0.29) is 11.8 Å². The third-order valence-electron chi connectivity index (χ3n) is 5.39. The molecule has 0 aromatic carbocycles. The van der Waals surface area contributed by atoms with Crippen molar-refractivity contribution in [1.29, 1.82) is 0 Å². The zero-order valence-corrected chi connectivity index (χ0v) is 17.1. The molecule has 2 aromatic rings. The van der Waals surface area contributed by atoms with Crippen molar-refractivity contribution >= 4 is 23.2 Å². The molecule has 6 heteroatoms. The molecule has 2 aromatic heterocycles. The molecule has 5 nitrogen and oxygen atoms in total. The van der Waals surface area contributed by atoms with Crippen molar-refractivity contribution in [3.63, 3.8) is 0 Å². The van der Waals surface area contributed by atoms with E-state index in [1.807, 2.05) is 23.3 Å². The van der Waals surface area contributed by atoms with Crippen LogP contribution in [-0.4, -0.2) is 34.4 Å². The van der Waals surface area contributed by atoms with Gasteiger partial charge in [0.25, 0.3) is 5.91 Å². The summed E-state index contributed by atoms with van der Waals surface area (Å²) in [4.78, 5) is 27.2. The van der Waals surface area contributed by atoms with Crippen molar-refractivity contribution in [2.75, 3.05) is 13.1 Å². The summed E-state index contributed by atoms with van der Waals surface area (Å²) in [7, 11) is 0. The number of hydrogen-bond acceptors (Lipinski definition) is 3. The fourth-order valence-electron chi connectivity index (χ4n) is 4.05. The Morgan fingerprint density at radius 2 is 2.11 bits per heavy atom. The number of rotatable bonds is 9. The molecule has 0 saturated carbocycles. The van der Waals surface area contributed by atoms with Crippen LogP contribution in [0.3, 0.4) is 0 Å². The molecule has 146 valence electrons. The SMILES string of the molecule is CCCCc1c(-c2cccs2)c(C(N)=O)c(C)n1CCCN1CCCC1=O. The Kier molecular flexibility index (Phi) is 6.37. The lowest BCUT2D eigenvalue weighted by molar-refractivity contribution is -0.127. The average molecular weight is 388 g/mol. The number of primary amides is 1. The third-order valence-corrected chi connectivity index (χ3v) is 6.28. The molecule has 3 heterocycles. The first-order chi connectivity index (χ1) is 13.0. The van der Waals surface area contributed by atoms with Gasteiger partial charge in [-0.2, -0.15) is 0 Å². The maximum atomic E-state index is 12.3. The van der Waals surface area contributed by atoms with Crippen LogP contribution < -0.4 is 5.73 Å². The summed E-state index contributed by atoms with van der Waals surface area (Å²) < 4.78 is 2.27. The Morgan fingerprint density at radius 1 is 1.30 bits per heavy atom. The van der Waals surface area contributed by atoms with Crippen molar-refractivity contribution in [2.45, 2.75) is 58.9 Å². The highest BCUT2D eigenvalue weighted by atomic mass is 32.1. The molecule has 27 heavy (non-hydrogen) atoms. The van der Waals surface area contributed by atoms with Crippen LogP contribution in [0.1, 0.15) is 60.8 Å². The number of unbranched alkanes of at least 4 members (excludes halogenated alkanes) is 1. The Morgan fingerprint density at radius 3 is 2.70 bits per heavy atom. The van der Waals surface area contributed by atoms with Crippen LogP contribution in [0.5, 0.6) is 0 Å². The molecule has 0 radical (unpaired) electrons. The lowest BCUT2D eigenvalue weighted by atomic mass is 10.0. The van der Waals surface area contributed by atoms with E-state index in [4.69, 9.17) is 5.73 Å². The number of nitrogens with zero attached hydrogens (tertiary/aromatic N) is 2. The standard InChI is InChI=1S/C21H29N3O2S/c1-3-4-8-16-20(17-9-6-14-27-17)19(21(22)26)15(2)24(16)13-7-12-23-11-5-10-18(23)25/h6,9,14H,3-5,7-8,10-13H2,1-2H3,(H2,22,26). The van der Waals surface area contributed by atoms with Gasteiger partial charge in [-0.25, -0.2) is 0 Å². The molecular formula is C21H29N3O2S. The molecule has 0 unspecified atom stereocenters. The minimum atomic E-state index is -0.359. The number of carbonyl (C=O) groups is 2. The van der Waals surface area contributed by atoms with Gasteiger partial charge in [-0.3, -0.25) is 9.59 Å². The zero-order chi connectivity index (χ0) is 19.4. The molecular weight excluding hydrogens is 358 g/mol. The molecule has 0 aliphatic carbocycles. The average Bonchev–Trinajstić information content (AvgIpc) is 3.34. The quantitative estimate of drug-likeness (QED) is 0.707. The van der Waals surface area contributed by atoms with Gasteiger partial charge in [-0.15, -0.1) is 11.3 Å². The molecule has 0 atom stereocenters. The Labute approximate surface area is 165 Å². The van der Waals surface area contributed by atoms with Crippen LogP contribution in [-0.2, 0) is 17.8 Å². The van der Waals surface area contributed by atoms with Gasteiger partial charge in [-0.05, 0) is 44.1 Å². The second kappa shape index (κ2) is 8.74. The Bertz CT molecular complexity index is 808. The minimum Gasteiger partial charge on any atom is -0.366 e. The molecule has 3 rings (SSSR count). The Hall–Kier alpha value is -2.08. The summed E-state index contributed by atoms with van der Waals surface area (Å²) in [6.45, 7) is 6.63. The highest BCUT2D eigenvalue weighted by Gasteiger charge is 2.25. The smallest absolute Gasteiger partial charge is 0.251 e. The number of carbonyl (C=O) groups excluding carboxylic acids is 2. The van der Waals surface area contributed by atoms with E-state index in [2.05, 4.69) is 17.6 Å².